The summed E-state index contributed by atoms with van der Waals surface area (Å²) in [6.07, 6.45) is 1.95. The minimum Gasteiger partial charge on any atom is -0.455 e. The van der Waals surface area contributed by atoms with E-state index in [1.54, 1.807) is 0 Å². The molecule has 0 amide bonds. The molecule has 0 unspecified atom stereocenters. The Kier molecular flexibility index (Phi) is 4.10. The number of fused-ring (bicyclic) bond motifs is 3. The molecule has 0 atom stereocenters. The summed E-state index contributed by atoms with van der Waals surface area (Å²) in [5, 5.41) is 5.10. The third-order valence-corrected chi connectivity index (χ3v) is 8.42. The van der Waals surface area contributed by atoms with Crippen molar-refractivity contribution in [3.63, 3.8) is 0 Å². The van der Waals surface area contributed by atoms with Gasteiger partial charge in [-0.05, 0) is 46.3 Å². The highest BCUT2D eigenvalue weighted by Gasteiger charge is 2.34. The van der Waals surface area contributed by atoms with Crippen molar-refractivity contribution in [1.29, 1.82) is 0 Å². The maximum Gasteiger partial charge on any atom is 0.287 e. The van der Waals surface area contributed by atoms with Gasteiger partial charge in [0.15, 0.2) is 11.2 Å². The number of hydrogen-bond acceptors (Lipinski definition) is 2. The Morgan fingerprint density at radius 1 is 1.03 bits per heavy atom. The van der Waals surface area contributed by atoms with Crippen LogP contribution < -0.4 is 14.5 Å². The Morgan fingerprint density at radius 2 is 1.73 bits per heavy atom. The predicted octanol–water partition coefficient (Wildman–Crippen LogP) is 5.96. The van der Waals surface area contributed by atoms with Crippen LogP contribution in [0.3, 0.4) is 0 Å². The van der Waals surface area contributed by atoms with Crippen LogP contribution in [0, 0.1) is 6.92 Å². The Labute approximate surface area is 179 Å². The summed E-state index contributed by atoms with van der Waals surface area (Å²) in [5.41, 5.74) is 6.01. The minimum absolute atomic E-state index is 0.355. The van der Waals surface area contributed by atoms with Gasteiger partial charge in [-0.2, -0.15) is 0 Å². The molecule has 152 valence electrons. The van der Waals surface area contributed by atoms with Crippen LogP contribution in [-0.2, 0) is 7.05 Å². The highest BCUT2D eigenvalue weighted by atomic mass is 28.3. The molecule has 0 fully saturated rings. The first-order valence-electron chi connectivity index (χ1n) is 10.7. The summed E-state index contributed by atoms with van der Waals surface area (Å²) in [4.78, 5) is 4.79. The highest BCUT2D eigenvalue weighted by Crippen LogP contribution is 2.51. The molecule has 4 heteroatoms. The lowest BCUT2D eigenvalue weighted by Crippen LogP contribution is -2.38. The summed E-state index contributed by atoms with van der Waals surface area (Å²) >= 11 is 0. The zero-order valence-electron chi connectivity index (χ0n) is 18.9. The first kappa shape index (κ1) is 19.3. The van der Waals surface area contributed by atoms with E-state index in [-0.39, 0.29) is 0 Å². The van der Waals surface area contributed by atoms with Crippen molar-refractivity contribution in [3.8, 4) is 22.8 Å². The van der Waals surface area contributed by atoms with Gasteiger partial charge in [-0.3, -0.25) is 0 Å². The SMILES string of the molecule is Cc1c2c(c(C(C)C)c3ccccc13)Oc1cc([Si](C)(C)C)cc3nc[n+](C)c-2c13. The summed E-state index contributed by atoms with van der Waals surface area (Å²) in [5.74, 6) is 2.32. The van der Waals surface area contributed by atoms with Gasteiger partial charge in [0, 0.05) is 5.56 Å². The van der Waals surface area contributed by atoms with Gasteiger partial charge >= 0.3 is 0 Å². The van der Waals surface area contributed by atoms with Crippen molar-refractivity contribution in [2.45, 2.75) is 46.3 Å². The average molecular weight is 414 g/mol. The van der Waals surface area contributed by atoms with Gasteiger partial charge in [0.2, 0.25) is 0 Å². The number of rotatable bonds is 2. The third kappa shape index (κ3) is 2.63. The van der Waals surface area contributed by atoms with Crippen LogP contribution in [0.5, 0.6) is 11.5 Å². The monoisotopic (exact) mass is 413 g/mol. The van der Waals surface area contributed by atoms with E-state index in [0.29, 0.717) is 5.92 Å². The van der Waals surface area contributed by atoms with Gasteiger partial charge in [-0.25, -0.2) is 4.57 Å². The van der Waals surface area contributed by atoms with Crippen molar-refractivity contribution in [1.82, 2.24) is 4.98 Å². The fourth-order valence-electron chi connectivity index (χ4n) is 4.82. The maximum absolute atomic E-state index is 6.79. The van der Waals surface area contributed by atoms with Crippen molar-refractivity contribution in [2.24, 2.45) is 7.05 Å². The molecule has 0 spiro atoms. The number of aryl methyl sites for hydroxylation is 2. The third-order valence-electron chi connectivity index (χ3n) is 6.40. The molecule has 4 aromatic rings. The molecule has 3 aromatic carbocycles. The van der Waals surface area contributed by atoms with Crippen LogP contribution in [0.1, 0.15) is 30.9 Å². The number of ether oxygens (including phenoxy) is 1. The molecule has 0 saturated heterocycles. The molecule has 30 heavy (non-hydrogen) atoms. The van der Waals surface area contributed by atoms with Crippen LogP contribution >= 0.6 is 0 Å². The second kappa shape index (κ2) is 6.39. The van der Waals surface area contributed by atoms with Crippen LogP contribution in [0.2, 0.25) is 19.6 Å². The van der Waals surface area contributed by atoms with Crippen molar-refractivity contribution < 1.29 is 9.30 Å². The average Bonchev–Trinajstić information content (AvgIpc) is 2.69. The quantitative estimate of drug-likeness (QED) is 0.263. The molecule has 1 aliphatic rings. The topological polar surface area (TPSA) is 26.0 Å². The molecule has 1 aliphatic heterocycles. The Morgan fingerprint density at radius 3 is 2.40 bits per heavy atom. The summed E-state index contributed by atoms with van der Waals surface area (Å²) < 4.78 is 8.95. The van der Waals surface area contributed by atoms with E-state index in [2.05, 4.69) is 88.4 Å². The van der Waals surface area contributed by atoms with Gasteiger partial charge in [-0.1, -0.05) is 62.9 Å². The second-order valence-corrected chi connectivity index (χ2v) is 14.9. The van der Waals surface area contributed by atoms with Gasteiger partial charge in [0.05, 0.1) is 20.7 Å². The van der Waals surface area contributed by atoms with Crippen molar-refractivity contribution in [2.75, 3.05) is 0 Å². The van der Waals surface area contributed by atoms with Gasteiger partial charge in [0.25, 0.3) is 6.33 Å². The van der Waals surface area contributed by atoms with E-state index in [1.165, 1.54) is 38.3 Å². The van der Waals surface area contributed by atoms with Crippen LogP contribution in [0.25, 0.3) is 32.9 Å². The Bertz CT molecular complexity index is 1350. The lowest BCUT2D eigenvalue weighted by Gasteiger charge is -2.28. The lowest BCUT2D eigenvalue weighted by atomic mass is 9.86. The maximum atomic E-state index is 6.79. The highest BCUT2D eigenvalue weighted by molar-refractivity contribution is 6.88. The Hall–Kier alpha value is -2.72. The molecular weight excluding hydrogens is 384 g/mol. The molecule has 0 radical (unpaired) electrons. The zero-order chi connectivity index (χ0) is 21.4. The van der Waals surface area contributed by atoms with Crippen LogP contribution in [0.15, 0.2) is 42.7 Å². The lowest BCUT2D eigenvalue weighted by molar-refractivity contribution is -0.662. The number of hydrogen-bond donors (Lipinski definition) is 0. The molecule has 5 rings (SSSR count). The molecule has 0 N–H and O–H groups in total. The molecule has 1 aromatic heterocycles. The molecule has 3 nitrogen and oxygen atoms in total. The molecule has 0 saturated carbocycles. The summed E-state index contributed by atoms with van der Waals surface area (Å²) in [6.45, 7) is 13.9. The van der Waals surface area contributed by atoms with E-state index in [4.69, 9.17) is 9.72 Å². The van der Waals surface area contributed by atoms with Crippen LogP contribution in [-0.4, -0.2) is 13.1 Å². The number of nitrogens with zero attached hydrogens (tertiary/aromatic N) is 2. The molecule has 2 heterocycles. The first-order chi connectivity index (χ1) is 14.2. The standard InChI is InChI=1S/C26H29N2OSi/c1-15(2)22-19-11-9-8-10-18(19)16(3)23-25-24-20(27-14-28(25)4)12-17(30(5,6)7)13-21(24)29-26(22)23/h8-15H,1-7H3/q+1. The fraction of sp³-hybridized carbons (Fsp3) is 0.308. The van der Waals surface area contributed by atoms with Gasteiger partial charge < -0.3 is 4.74 Å². The van der Waals surface area contributed by atoms with E-state index in [0.717, 1.165) is 22.4 Å². The predicted molar refractivity (Wildman–Crippen MR) is 128 cm³/mol. The smallest absolute Gasteiger partial charge is 0.287 e. The molecule has 0 aliphatic carbocycles. The van der Waals surface area contributed by atoms with E-state index < -0.39 is 8.07 Å². The zero-order valence-corrected chi connectivity index (χ0v) is 19.9. The van der Waals surface area contributed by atoms with Crippen molar-refractivity contribution in [3.05, 3.63) is 53.9 Å². The second-order valence-electron chi connectivity index (χ2n) is 9.87. The Balaban J connectivity index is 1.99. The van der Waals surface area contributed by atoms with E-state index in [9.17, 15) is 0 Å². The molecule has 0 bridgehead atoms. The first-order valence-corrected chi connectivity index (χ1v) is 14.2. The number of aromatic nitrogens is 2. The number of benzene rings is 3. The summed E-state index contributed by atoms with van der Waals surface area (Å²) in [7, 11) is 0.580. The molecular formula is C26H29N2OSi+. The van der Waals surface area contributed by atoms with Crippen LogP contribution in [0.4, 0.5) is 0 Å². The summed E-state index contributed by atoms with van der Waals surface area (Å²) in [6, 6.07) is 13.3. The van der Waals surface area contributed by atoms with Gasteiger partial charge in [0.1, 0.15) is 16.9 Å². The van der Waals surface area contributed by atoms with E-state index >= 15 is 0 Å². The van der Waals surface area contributed by atoms with Crippen molar-refractivity contribution >= 4 is 34.9 Å². The van der Waals surface area contributed by atoms with E-state index in [1.807, 2.05) is 6.33 Å². The largest absolute Gasteiger partial charge is 0.455 e. The normalized spacial score (nSPS) is 13.1. The van der Waals surface area contributed by atoms with Gasteiger partial charge in [-0.15, -0.1) is 0 Å². The fourth-order valence-corrected chi connectivity index (χ4v) is 5.95. The minimum atomic E-state index is -1.51.